The molecule has 0 bridgehead atoms. The number of carbonyl (C=O) groups excluding carboxylic acids is 1. The maximum Gasteiger partial charge on any atom is 0.510 e. The first-order valence-electron chi connectivity index (χ1n) is 4.55. The Balaban J connectivity index is 4.16. The van der Waals surface area contributed by atoms with E-state index in [4.69, 9.17) is 4.74 Å². The van der Waals surface area contributed by atoms with Gasteiger partial charge >= 0.3 is 6.16 Å². The lowest BCUT2D eigenvalue weighted by molar-refractivity contribution is -0.0946. The maximum absolute atomic E-state index is 11.1. The van der Waals surface area contributed by atoms with Gasteiger partial charge in [-0.25, -0.2) is 4.79 Å². The highest BCUT2D eigenvalue weighted by Gasteiger charge is 2.37. The molecule has 0 atom stereocenters. The van der Waals surface area contributed by atoms with Crippen LogP contribution in [-0.4, -0.2) is 25.7 Å². The van der Waals surface area contributed by atoms with Gasteiger partial charge in [0.15, 0.2) is 6.79 Å². The molecule has 0 heterocycles. The van der Waals surface area contributed by atoms with Gasteiger partial charge in [-0.3, -0.25) is 0 Å². The standard InChI is InChI=1S/C10H20O4/c1-9(2,3)10(4,5)14-8(11)13-7-12-6/h7H2,1-6H3. The molecule has 0 aromatic heterocycles. The largest absolute Gasteiger partial charge is 0.510 e. The van der Waals surface area contributed by atoms with Crippen LogP contribution in [0.25, 0.3) is 0 Å². The van der Waals surface area contributed by atoms with E-state index in [1.54, 1.807) is 0 Å². The third-order valence-corrected chi connectivity index (χ3v) is 2.44. The lowest BCUT2D eigenvalue weighted by Gasteiger charge is -2.37. The van der Waals surface area contributed by atoms with Crippen LogP contribution in [-0.2, 0) is 14.2 Å². The zero-order chi connectivity index (χ0) is 11.4. The summed E-state index contributed by atoms with van der Waals surface area (Å²) in [6, 6.07) is 0. The van der Waals surface area contributed by atoms with Crippen LogP contribution in [0.15, 0.2) is 0 Å². The molecule has 0 aromatic carbocycles. The van der Waals surface area contributed by atoms with Gasteiger partial charge in [-0.2, -0.15) is 0 Å². The highest BCUT2D eigenvalue weighted by atomic mass is 16.8. The van der Waals surface area contributed by atoms with Crippen molar-refractivity contribution in [1.82, 2.24) is 0 Å². The molecular weight excluding hydrogens is 184 g/mol. The Labute approximate surface area is 85.5 Å². The summed E-state index contributed by atoms with van der Waals surface area (Å²) >= 11 is 0. The van der Waals surface area contributed by atoms with Crippen molar-refractivity contribution >= 4 is 6.16 Å². The summed E-state index contributed by atoms with van der Waals surface area (Å²) in [6.07, 6.45) is -0.702. The minimum Gasteiger partial charge on any atom is -0.428 e. The molecule has 4 nitrogen and oxygen atoms in total. The van der Waals surface area contributed by atoms with E-state index in [1.165, 1.54) is 7.11 Å². The number of rotatable bonds is 3. The van der Waals surface area contributed by atoms with E-state index in [-0.39, 0.29) is 12.2 Å². The zero-order valence-electron chi connectivity index (χ0n) is 9.84. The molecule has 0 N–H and O–H groups in total. The van der Waals surface area contributed by atoms with Crippen LogP contribution in [0.5, 0.6) is 0 Å². The Morgan fingerprint density at radius 2 is 1.64 bits per heavy atom. The van der Waals surface area contributed by atoms with Crippen LogP contribution in [0, 0.1) is 5.41 Å². The van der Waals surface area contributed by atoms with Gasteiger partial charge in [0.2, 0.25) is 0 Å². The van der Waals surface area contributed by atoms with Crippen molar-refractivity contribution < 1.29 is 19.0 Å². The average Bonchev–Trinajstić information content (AvgIpc) is 1.97. The summed E-state index contributed by atoms with van der Waals surface area (Å²) in [5.74, 6) is 0. The molecule has 0 spiro atoms. The van der Waals surface area contributed by atoms with E-state index in [0.717, 1.165) is 0 Å². The average molecular weight is 204 g/mol. The van der Waals surface area contributed by atoms with Gasteiger partial charge in [-0.1, -0.05) is 20.8 Å². The van der Waals surface area contributed by atoms with Gasteiger partial charge in [0.05, 0.1) is 0 Å². The molecule has 14 heavy (non-hydrogen) atoms. The molecule has 4 heteroatoms. The lowest BCUT2D eigenvalue weighted by atomic mass is 9.79. The van der Waals surface area contributed by atoms with Crippen molar-refractivity contribution in [1.29, 1.82) is 0 Å². The Morgan fingerprint density at radius 1 is 1.14 bits per heavy atom. The van der Waals surface area contributed by atoms with Crippen LogP contribution >= 0.6 is 0 Å². The Bertz CT molecular complexity index is 191. The van der Waals surface area contributed by atoms with Crippen LogP contribution in [0.2, 0.25) is 0 Å². The zero-order valence-corrected chi connectivity index (χ0v) is 9.84. The van der Waals surface area contributed by atoms with Gasteiger partial charge in [0.1, 0.15) is 5.60 Å². The van der Waals surface area contributed by atoms with Gasteiger partial charge in [-0.15, -0.1) is 0 Å². The van der Waals surface area contributed by atoms with Gasteiger partial charge in [-0.05, 0) is 13.8 Å². The molecule has 0 aliphatic heterocycles. The minimum absolute atomic E-state index is 0.0843. The molecule has 0 aromatic rings. The SMILES string of the molecule is COCOC(=O)OC(C)(C)C(C)(C)C. The fraction of sp³-hybridized carbons (Fsp3) is 0.900. The first-order valence-corrected chi connectivity index (χ1v) is 4.55. The molecule has 0 aliphatic carbocycles. The molecule has 0 unspecified atom stereocenters. The van der Waals surface area contributed by atoms with E-state index >= 15 is 0 Å². The summed E-state index contributed by atoms with van der Waals surface area (Å²) < 4.78 is 14.4. The van der Waals surface area contributed by atoms with E-state index in [0.29, 0.717) is 0 Å². The molecule has 0 radical (unpaired) electrons. The topological polar surface area (TPSA) is 44.8 Å². The van der Waals surface area contributed by atoms with Gasteiger partial charge in [0.25, 0.3) is 0 Å². The highest BCUT2D eigenvalue weighted by molar-refractivity contribution is 5.60. The molecule has 0 saturated heterocycles. The molecule has 0 amide bonds. The quantitative estimate of drug-likeness (QED) is 0.523. The molecule has 0 rings (SSSR count). The van der Waals surface area contributed by atoms with Crippen molar-refractivity contribution in [3.63, 3.8) is 0 Å². The fourth-order valence-corrected chi connectivity index (χ4v) is 0.498. The van der Waals surface area contributed by atoms with Crippen molar-refractivity contribution in [3.8, 4) is 0 Å². The minimum atomic E-state index is -0.702. The van der Waals surface area contributed by atoms with Crippen LogP contribution in [0.3, 0.4) is 0 Å². The van der Waals surface area contributed by atoms with E-state index in [1.807, 2.05) is 34.6 Å². The predicted molar refractivity (Wildman–Crippen MR) is 53.0 cm³/mol. The van der Waals surface area contributed by atoms with Crippen molar-refractivity contribution in [2.24, 2.45) is 5.41 Å². The Kier molecular flexibility index (Phi) is 4.39. The number of ether oxygens (including phenoxy) is 3. The van der Waals surface area contributed by atoms with Crippen LogP contribution < -0.4 is 0 Å². The lowest BCUT2D eigenvalue weighted by Crippen LogP contribution is -2.41. The summed E-state index contributed by atoms with van der Waals surface area (Å²) in [5.41, 5.74) is -0.711. The van der Waals surface area contributed by atoms with Crippen molar-refractivity contribution in [3.05, 3.63) is 0 Å². The third-order valence-electron chi connectivity index (χ3n) is 2.44. The first kappa shape index (κ1) is 13.2. The predicted octanol–water partition coefficient (Wildman–Crippen LogP) is 2.57. The second-order valence-electron chi connectivity index (χ2n) is 4.66. The number of methoxy groups -OCH3 is 1. The van der Waals surface area contributed by atoms with Gasteiger partial charge < -0.3 is 14.2 Å². The smallest absolute Gasteiger partial charge is 0.428 e. The normalized spacial score (nSPS) is 12.4. The summed E-state index contributed by atoms with van der Waals surface area (Å²) in [5, 5.41) is 0. The van der Waals surface area contributed by atoms with Crippen LogP contribution in [0.1, 0.15) is 34.6 Å². The van der Waals surface area contributed by atoms with E-state index in [9.17, 15) is 4.79 Å². The fourth-order valence-electron chi connectivity index (χ4n) is 0.498. The van der Waals surface area contributed by atoms with Gasteiger partial charge in [0, 0.05) is 12.5 Å². The number of hydrogen-bond donors (Lipinski definition) is 0. The Hall–Kier alpha value is -0.770. The summed E-state index contributed by atoms with van der Waals surface area (Å²) in [6.45, 7) is 9.60. The van der Waals surface area contributed by atoms with Crippen LogP contribution in [0.4, 0.5) is 4.79 Å². The molecule has 0 aliphatic rings. The summed E-state index contributed by atoms with van der Waals surface area (Å²) in [7, 11) is 1.45. The van der Waals surface area contributed by atoms with E-state index in [2.05, 4.69) is 9.47 Å². The maximum atomic E-state index is 11.1. The second kappa shape index (κ2) is 4.64. The second-order valence-corrected chi connectivity index (χ2v) is 4.66. The number of hydrogen-bond acceptors (Lipinski definition) is 4. The first-order chi connectivity index (χ1) is 6.20. The molecular formula is C10H20O4. The molecule has 0 fully saturated rings. The number of carbonyl (C=O) groups is 1. The Morgan fingerprint density at radius 3 is 2.00 bits per heavy atom. The highest BCUT2D eigenvalue weighted by Crippen LogP contribution is 2.33. The van der Waals surface area contributed by atoms with E-state index < -0.39 is 11.8 Å². The monoisotopic (exact) mass is 204 g/mol. The molecule has 84 valence electrons. The summed E-state index contributed by atoms with van der Waals surface area (Å²) in [4.78, 5) is 11.1. The third kappa shape index (κ3) is 3.96. The van der Waals surface area contributed by atoms with Crippen molar-refractivity contribution in [2.75, 3.05) is 13.9 Å². The van der Waals surface area contributed by atoms with Crippen molar-refractivity contribution in [2.45, 2.75) is 40.2 Å². The molecule has 0 saturated carbocycles.